The molecule has 0 aliphatic heterocycles. The monoisotopic (exact) mass is 233 g/mol. The minimum atomic E-state index is 0.344. The third-order valence-electron chi connectivity index (χ3n) is 3.02. The summed E-state index contributed by atoms with van der Waals surface area (Å²) in [6, 6.07) is 0.344. The molecule has 0 radical (unpaired) electrons. The van der Waals surface area contributed by atoms with Gasteiger partial charge < -0.3 is 5.73 Å². The van der Waals surface area contributed by atoms with Crippen LogP contribution in [0.25, 0.3) is 11.3 Å². The number of nitrogens with zero attached hydrogens (tertiary/aromatic N) is 4. The smallest absolute Gasteiger partial charge is 0.0945 e. The number of hydrogen-bond donors (Lipinski definition) is 1. The fourth-order valence-corrected chi connectivity index (χ4v) is 2.27. The van der Waals surface area contributed by atoms with Gasteiger partial charge in [-0.05, 0) is 27.7 Å². The summed E-state index contributed by atoms with van der Waals surface area (Å²) >= 11 is 0. The van der Waals surface area contributed by atoms with E-state index < -0.39 is 0 Å². The van der Waals surface area contributed by atoms with Crippen molar-refractivity contribution in [1.29, 1.82) is 0 Å². The maximum absolute atomic E-state index is 5.98. The lowest BCUT2D eigenvalue weighted by molar-refractivity contribution is 0.516. The van der Waals surface area contributed by atoms with Crippen LogP contribution in [0.4, 0.5) is 5.69 Å². The van der Waals surface area contributed by atoms with Crippen LogP contribution in [0, 0.1) is 13.8 Å². The van der Waals surface area contributed by atoms with E-state index in [0.29, 0.717) is 11.7 Å². The normalized spacial score (nSPS) is 11.4. The van der Waals surface area contributed by atoms with Gasteiger partial charge in [0.1, 0.15) is 0 Å². The molecule has 2 rings (SSSR count). The fourth-order valence-electron chi connectivity index (χ4n) is 2.27. The van der Waals surface area contributed by atoms with Crippen molar-refractivity contribution in [2.45, 2.75) is 33.7 Å². The Bertz CT molecular complexity index is 528. The van der Waals surface area contributed by atoms with Gasteiger partial charge in [0.05, 0.1) is 23.3 Å². The third-order valence-corrected chi connectivity index (χ3v) is 3.02. The summed E-state index contributed by atoms with van der Waals surface area (Å²) in [5, 5.41) is 8.75. The molecule has 0 fully saturated rings. The van der Waals surface area contributed by atoms with Gasteiger partial charge in [-0.1, -0.05) is 0 Å². The molecular weight excluding hydrogens is 214 g/mol. The van der Waals surface area contributed by atoms with Crippen LogP contribution in [0.15, 0.2) is 6.20 Å². The van der Waals surface area contributed by atoms with Crippen LogP contribution in [0.1, 0.15) is 31.3 Å². The van der Waals surface area contributed by atoms with E-state index in [1.54, 1.807) is 10.9 Å². The molecule has 0 aliphatic rings. The van der Waals surface area contributed by atoms with E-state index in [4.69, 9.17) is 5.73 Å². The standard InChI is InChI=1S/C12H19N5/c1-7(2)17-9(4)11(8(3)15-17)12-10(13)6-14-16(12)5/h6-7H,13H2,1-5H3. The molecule has 0 aliphatic carbocycles. The number of rotatable bonds is 2. The largest absolute Gasteiger partial charge is 0.396 e. The zero-order valence-corrected chi connectivity index (χ0v) is 11.0. The highest BCUT2D eigenvalue weighted by atomic mass is 15.3. The lowest BCUT2D eigenvalue weighted by Gasteiger charge is -2.09. The van der Waals surface area contributed by atoms with Gasteiger partial charge in [-0.2, -0.15) is 10.2 Å². The molecule has 0 spiro atoms. The van der Waals surface area contributed by atoms with Crippen molar-refractivity contribution in [1.82, 2.24) is 19.6 Å². The van der Waals surface area contributed by atoms with E-state index in [0.717, 1.165) is 22.6 Å². The van der Waals surface area contributed by atoms with Gasteiger partial charge in [0.25, 0.3) is 0 Å². The minimum absolute atomic E-state index is 0.344. The molecule has 5 nitrogen and oxygen atoms in total. The van der Waals surface area contributed by atoms with Crippen molar-refractivity contribution >= 4 is 5.69 Å². The second kappa shape index (κ2) is 3.91. The van der Waals surface area contributed by atoms with E-state index >= 15 is 0 Å². The molecular formula is C12H19N5. The van der Waals surface area contributed by atoms with E-state index in [9.17, 15) is 0 Å². The first kappa shape index (κ1) is 11.7. The number of anilines is 1. The number of aryl methyl sites for hydroxylation is 2. The molecule has 5 heteroatoms. The number of nitrogens with two attached hydrogens (primary N) is 1. The molecule has 2 N–H and O–H groups in total. The average Bonchev–Trinajstić information content (AvgIpc) is 2.70. The third kappa shape index (κ3) is 1.71. The maximum Gasteiger partial charge on any atom is 0.0945 e. The van der Waals surface area contributed by atoms with Gasteiger partial charge in [0, 0.05) is 24.3 Å². The first-order valence-electron chi connectivity index (χ1n) is 5.77. The summed E-state index contributed by atoms with van der Waals surface area (Å²) in [4.78, 5) is 0. The predicted octanol–water partition coefficient (Wildman–Crippen LogP) is 2.06. The number of aromatic nitrogens is 4. The Morgan fingerprint density at radius 2 is 1.94 bits per heavy atom. The minimum Gasteiger partial charge on any atom is -0.396 e. The Morgan fingerprint density at radius 3 is 2.35 bits per heavy atom. The Morgan fingerprint density at radius 1 is 1.29 bits per heavy atom. The van der Waals surface area contributed by atoms with Crippen molar-refractivity contribution in [2.75, 3.05) is 5.73 Å². The van der Waals surface area contributed by atoms with Gasteiger partial charge in [-0.15, -0.1) is 0 Å². The first-order chi connectivity index (χ1) is 7.93. The molecule has 0 aromatic carbocycles. The molecule has 2 aromatic heterocycles. The van der Waals surface area contributed by atoms with Gasteiger partial charge >= 0.3 is 0 Å². The van der Waals surface area contributed by atoms with Crippen LogP contribution in [0.5, 0.6) is 0 Å². The summed E-state index contributed by atoms with van der Waals surface area (Å²) in [5.74, 6) is 0. The molecule has 0 amide bonds. The van der Waals surface area contributed by atoms with E-state index in [1.807, 2.05) is 18.7 Å². The lowest BCUT2D eigenvalue weighted by atomic mass is 10.1. The second-order valence-corrected chi connectivity index (χ2v) is 4.66. The highest BCUT2D eigenvalue weighted by Gasteiger charge is 2.19. The van der Waals surface area contributed by atoms with Crippen molar-refractivity contribution in [2.24, 2.45) is 7.05 Å². The molecule has 92 valence electrons. The predicted molar refractivity (Wildman–Crippen MR) is 68.7 cm³/mol. The summed E-state index contributed by atoms with van der Waals surface area (Å²) in [5.41, 5.74) is 10.8. The molecule has 17 heavy (non-hydrogen) atoms. The average molecular weight is 233 g/mol. The quantitative estimate of drug-likeness (QED) is 0.863. The van der Waals surface area contributed by atoms with Crippen molar-refractivity contribution in [3.8, 4) is 11.3 Å². The first-order valence-corrected chi connectivity index (χ1v) is 5.77. The molecule has 0 saturated carbocycles. The topological polar surface area (TPSA) is 61.7 Å². The van der Waals surface area contributed by atoms with Crippen LogP contribution in [0.2, 0.25) is 0 Å². The molecule has 2 aromatic rings. The van der Waals surface area contributed by atoms with E-state index in [-0.39, 0.29) is 0 Å². The van der Waals surface area contributed by atoms with Crippen LogP contribution in [0.3, 0.4) is 0 Å². The molecule has 0 atom stereocenters. The summed E-state index contributed by atoms with van der Waals surface area (Å²) in [6.45, 7) is 8.32. The summed E-state index contributed by atoms with van der Waals surface area (Å²) in [6.07, 6.45) is 1.68. The van der Waals surface area contributed by atoms with Gasteiger partial charge in [0.15, 0.2) is 0 Å². The maximum atomic E-state index is 5.98. The van der Waals surface area contributed by atoms with Crippen molar-refractivity contribution in [3.05, 3.63) is 17.6 Å². The summed E-state index contributed by atoms with van der Waals surface area (Å²) < 4.78 is 3.83. The van der Waals surface area contributed by atoms with Crippen LogP contribution in [-0.4, -0.2) is 19.6 Å². The second-order valence-electron chi connectivity index (χ2n) is 4.66. The Hall–Kier alpha value is -1.78. The molecule has 0 bridgehead atoms. The highest BCUT2D eigenvalue weighted by molar-refractivity contribution is 5.76. The summed E-state index contributed by atoms with van der Waals surface area (Å²) in [7, 11) is 1.90. The Balaban J connectivity index is 2.68. The lowest BCUT2D eigenvalue weighted by Crippen LogP contribution is -2.05. The SMILES string of the molecule is Cc1nn(C(C)C)c(C)c1-c1c(N)cnn1C. The fraction of sp³-hybridized carbons (Fsp3) is 0.500. The molecule has 0 unspecified atom stereocenters. The Labute approximate surface area is 101 Å². The van der Waals surface area contributed by atoms with Gasteiger partial charge in [-0.25, -0.2) is 0 Å². The molecule has 0 saturated heterocycles. The highest BCUT2D eigenvalue weighted by Crippen LogP contribution is 2.31. The zero-order chi connectivity index (χ0) is 12.7. The number of nitrogen functional groups attached to an aromatic ring is 1. The zero-order valence-electron chi connectivity index (χ0n) is 11.0. The van der Waals surface area contributed by atoms with Crippen molar-refractivity contribution in [3.63, 3.8) is 0 Å². The van der Waals surface area contributed by atoms with Gasteiger partial charge in [0.2, 0.25) is 0 Å². The van der Waals surface area contributed by atoms with E-state index in [2.05, 4.69) is 31.0 Å². The van der Waals surface area contributed by atoms with Gasteiger partial charge in [-0.3, -0.25) is 9.36 Å². The van der Waals surface area contributed by atoms with Crippen LogP contribution < -0.4 is 5.73 Å². The van der Waals surface area contributed by atoms with E-state index in [1.165, 1.54) is 0 Å². The number of hydrogen-bond acceptors (Lipinski definition) is 3. The van der Waals surface area contributed by atoms with Crippen molar-refractivity contribution < 1.29 is 0 Å². The van der Waals surface area contributed by atoms with Crippen LogP contribution in [-0.2, 0) is 7.05 Å². The molecule has 2 heterocycles. The Kier molecular flexibility index (Phi) is 2.69. The van der Waals surface area contributed by atoms with Crippen LogP contribution >= 0.6 is 0 Å².